The van der Waals surface area contributed by atoms with E-state index in [0.717, 1.165) is 11.1 Å². The normalized spacial score (nSPS) is 12.0. The molecule has 4 rings (SSSR count). The molecule has 0 amide bonds. The van der Waals surface area contributed by atoms with Gasteiger partial charge in [-0.05, 0) is 0 Å². The van der Waals surface area contributed by atoms with Crippen LogP contribution >= 0.6 is 0 Å². The molecule has 0 spiro atoms. The molecule has 0 radical (unpaired) electrons. The number of rotatable bonds is 2. The van der Waals surface area contributed by atoms with E-state index in [4.69, 9.17) is 9.97 Å². The first-order chi connectivity index (χ1) is 12.3. The molecule has 2 nitrogen and oxygen atoms in total. The monoisotopic (exact) mass is 402 g/mol. The molecule has 0 aliphatic rings. The predicted molar refractivity (Wildman–Crippen MR) is 115 cm³/mol. The van der Waals surface area contributed by atoms with Crippen LogP contribution in [-0.2, 0) is 0 Å². The third kappa shape index (κ3) is 2.92. The molecule has 0 atom stereocenters. The summed E-state index contributed by atoms with van der Waals surface area (Å²) in [7, 11) is 0. The van der Waals surface area contributed by atoms with Crippen LogP contribution in [0.2, 0.25) is 17.3 Å². The van der Waals surface area contributed by atoms with Crippen molar-refractivity contribution in [3.63, 3.8) is 0 Å². The zero-order valence-corrected chi connectivity index (χ0v) is 18.2. The number of fused-ring (bicyclic) bond motifs is 3. The summed E-state index contributed by atoms with van der Waals surface area (Å²) in [5.41, 5.74) is 5.88. The molecule has 0 saturated carbocycles. The minimum absolute atomic E-state index is 1.02. The molecule has 2 aromatic carbocycles. The van der Waals surface area contributed by atoms with E-state index in [2.05, 4.69) is 73.6 Å². The molecular formula is C23H24GeN2. The van der Waals surface area contributed by atoms with Crippen molar-refractivity contribution in [2.45, 2.75) is 31.1 Å². The molecule has 0 aliphatic carbocycles. The summed E-state index contributed by atoms with van der Waals surface area (Å²) in [5, 5.41) is 3.62. The van der Waals surface area contributed by atoms with E-state index in [1.807, 2.05) is 12.4 Å². The summed E-state index contributed by atoms with van der Waals surface area (Å²) in [4.78, 5) is 9.62. The van der Waals surface area contributed by atoms with E-state index in [-0.39, 0.29) is 0 Å². The molecule has 0 bridgehead atoms. The number of para-hydroxylation sites is 1. The van der Waals surface area contributed by atoms with Gasteiger partial charge < -0.3 is 0 Å². The van der Waals surface area contributed by atoms with Crippen LogP contribution in [0.5, 0.6) is 0 Å². The molecule has 0 N–H and O–H groups in total. The Kier molecular flexibility index (Phi) is 4.11. The van der Waals surface area contributed by atoms with Gasteiger partial charge in [0, 0.05) is 0 Å². The van der Waals surface area contributed by atoms with Crippen LogP contribution in [0.1, 0.15) is 11.1 Å². The van der Waals surface area contributed by atoms with Crippen molar-refractivity contribution >= 4 is 39.3 Å². The molecule has 0 fully saturated rings. The van der Waals surface area contributed by atoms with E-state index in [1.54, 1.807) is 0 Å². The van der Waals surface area contributed by atoms with Gasteiger partial charge in [0.2, 0.25) is 0 Å². The van der Waals surface area contributed by atoms with Gasteiger partial charge in [0.1, 0.15) is 0 Å². The Labute approximate surface area is 157 Å². The van der Waals surface area contributed by atoms with Crippen LogP contribution < -0.4 is 4.40 Å². The second kappa shape index (κ2) is 6.20. The summed E-state index contributed by atoms with van der Waals surface area (Å²) in [6, 6.07) is 15.4. The van der Waals surface area contributed by atoms with Crippen molar-refractivity contribution in [2.24, 2.45) is 0 Å². The molecule has 0 aliphatic heterocycles. The first-order valence-electron chi connectivity index (χ1n) is 9.10. The second-order valence-electron chi connectivity index (χ2n) is 8.21. The van der Waals surface area contributed by atoms with Crippen molar-refractivity contribution < 1.29 is 0 Å². The Balaban J connectivity index is 2.06. The molecule has 3 heteroatoms. The van der Waals surface area contributed by atoms with Crippen molar-refractivity contribution in [3.8, 4) is 11.3 Å². The van der Waals surface area contributed by atoms with Gasteiger partial charge in [-0.15, -0.1) is 0 Å². The summed E-state index contributed by atoms with van der Waals surface area (Å²) in [6.45, 7) is 4.27. The SMILES string of the molecule is Cc1cc(C)cc(-c2nccc3c2cnc2[c]([Ge]([CH3])([CH3])[CH3])cccc23)c1. The number of aromatic nitrogens is 2. The van der Waals surface area contributed by atoms with Gasteiger partial charge in [0.15, 0.2) is 0 Å². The van der Waals surface area contributed by atoms with Crippen molar-refractivity contribution in [2.75, 3.05) is 0 Å². The van der Waals surface area contributed by atoms with Gasteiger partial charge in [-0.1, -0.05) is 0 Å². The Morgan fingerprint density at radius 2 is 1.50 bits per heavy atom. The molecule has 4 aromatic rings. The van der Waals surface area contributed by atoms with Crippen molar-refractivity contribution in [3.05, 3.63) is 66.0 Å². The number of hydrogen-bond acceptors (Lipinski definition) is 2. The number of aryl methyl sites for hydroxylation is 2. The average molecular weight is 401 g/mol. The summed E-state index contributed by atoms with van der Waals surface area (Å²) in [5.74, 6) is 7.27. The van der Waals surface area contributed by atoms with Gasteiger partial charge in [0.05, 0.1) is 0 Å². The summed E-state index contributed by atoms with van der Waals surface area (Å²) < 4.78 is 1.47. The number of hydrogen-bond donors (Lipinski definition) is 0. The van der Waals surface area contributed by atoms with Gasteiger partial charge >= 0.3 is 158 Å². The van der Waals surface area contributed by atoms with Crippen molar-refractivity contribution in [1.29, 1.82) is 0 Å². The molecule has 2 aromatic heterocycles. The topological polar surface area (TPSA) is 25.8 Å². The Morgan fingerprint density at radius 1 is 0.769 bits per heavy atom. The molecule has 2 heterocycles. The van der Waals surface area contributed by atoms with Crippen LogP contribution in [0, 0.1) is 13.8 Å². The van der Waals surface area contributed by atoms with Crippen LogP contribution in [0.25, 0.3) is 32.9 Å². The first-order valence-corrected chi connectivity index (χ1v) is 16.4. The van der Waals surface area contributed by atoms with Crippen molar-refractivity contribution in [1.82, 2.24) is 9.97 Å². The molecule has 0 unspecified atom stereocenters. The zero-order chi connectivity index (χ0) is 18.5. The number of nitrogens with zero attached hydrogens (tertiary/aromatic N) is 2. The average Bonchev–Trinajstić information content (AvgIpc) is 2.58. The van der Waals surface area contributed by atoms with E-state index < -0.39 is 13.3 Å². The van der Waals surface area contributed by atoms with E-state index >= 15 is 0 Å². The standard InChI is InChI=1S/C23H24GeN2/c1-15-11-16(2)13-17(12-15)22-20-14-26-23-19(18(20)9-10-25-22)7-6-8-21(23)24(3,4)5/h6-14H,1-5H3. The van der Waals surface area contributed by atoms with E-state index in [9.17, 15) is 0 Å². The minimum atomic E-state index is -1.99. The van der Waals surface area contributed by atoms with Gasteiger partial charge in [0.25, 0.3) is 0 Å². The molecule has 0 saturated heterocycles. The Morgan fingerprint density at radius 3 is 2.19 bits per heavy atom. The Hall–Kier alpha value is -2.20. The maximum absolute atomic E-state index is 4.91. The fraction of sp³-hybridized carbons (Fsp3) is 0.217. The molecule has 26 heavy (non-hydrogen) atoms. The van der Waals surface area contributed by atoms with Gasteiger partial charge in [-0.25, -0.2) is 0 Å². The summed E-state index contributed by atoms with van der Waals surface area (Å²) in [6.07, 6.45) is 3.95. The number of pyridine rings is 2. The van der Waals surface area contributed by atoms with Gasteiger partial charge in [-0.3, -0.25) is 0 Å². The quantitative estimate of drug-likeness (QED) is 0.322. The predicted octanol–water partition coefficient (Wildman–Crippen LogP) is 5.61. The fourth-order valence-corrected chi connectivity index (χ4v) is 6.97. The second-order valence-corrected chi connectivity index (χ2v) is 18.8. The van der Waals surface area contributed by atoms with Crippen LogP contribution in [0.15, 0.2) is 54.9 Å². The third-order valence-corrected chi connectivity index (χ3v) is 9.18. The third-order valence-electron chi connectivity index (χ3n) is 4.94. The fourth-order valence-electron chi connectivity index (χ4n) is 3.81. The van der Waals surface area contributed by atoms with Crippen LogP contribution in [-0.4, -0.2) is 23.2 Å². The molecule has 130 valence electrons. The maximum atomic E-state index is 4.91. The van der Waals surface area contributed by atoms with E-state index in [0.29, 0.717) is 0 Å². The van der Waals surface area contributed by atoms with Crippen LogP contribution in [0.4, 0.5) is 0 Å². The zero-order valence-electron chi connectivity index (χ0n) is 16.1. The number of benzene rings is 2. The van der Waals surface area contributed by atoms with E-state index in [1.165, 1.54) is 37.4 Å². The Bertz CT molecular complexity index is 1120. The molecular weight excluding hydrogens is 377 g/mol. The first kappa shape index (κ1) is 17.2. The van der Waals surface area contributed by atoms with Gasteiger partial charge in [-0.2, -0.15) is 0 Å². The van der Waals surface area contributed by atoms with Crippen LogP contribution in [0.3, 0.4) is 0 Å². The summed E-state index contributed by atoms with van der Waals surface area (Å²) >= 11 is -1.99.